The number of H-pyrrole nitrogens is 1. The van der Waals surface area contributed by atoms with E-state index >= 15 is 0 Å². The smallest absolute Gasteiger partial charge is 0.322 e. The van der Waals surface area contributed by atoms with Gasteiger partial charge in [-0.05, 0) is 25.1 Å². The summed E-state index contributed by atoms with van der Waals surface area (Å²) in [6, 6.07) is 4.68. The summed E-state index contributed by atoms with van der Waals surface area (Å²) >= 11 is 0. The van der Waals surface area contributed by atoms with Gasteiger partial charge in [-0.3, -0.25) is 4.79 Å². The van der Waals surface area contributed by atoms with Gasteiger partial charge < -0.3 is 21.1 Å². The second-order valence-electron chi connectivity index (χ2n) is 3.88. The molecule has 1 unspecified atom stereocenters. The van der Waals surface area contributed by atoms with Crippen LogP contribution < -0.4 is 11.1 Å². The summed E-state index contributed by atoms with van der Waals surface area (Å²) in [6.07, 6.45) is 0. The number of aliphatic carboxylic acids is 1. The molecule has 0 aliphatic rings. The van der Waals surface area contributed by atoms with Crippen LogP contribution in [-0.4, -0.2) is 33.6 Å². The number of imidazole rings is 1. The van der Waals surface area contributed by atoms with Gasteiger partial charge in [0.15, 0.2) is 0 Å². The third-order valence-corrected chi connectivity index (χ3v) is 2.44. The Balaban J connectivity index is 2.11. The van der Waals surface area contributed by atoms with Crippen LogP contribution >= 0.6 is 0 Å². The quantitative estimate of drug-likeness (QED) is 0.623. The van der Waals surface area contributed by atoms with Gasteiger partial charge in [-0.1, -0.05) is 0 Å². The van der Waals surface area contributed by atoms with Crippen LogP contribution in [0.1, 0.15) is 5.82 Å². The van der Waals surface area contributed by atoms with Gasteiger partial charge in [-0.25, -0.2) is 4.98 Å². The lowest BCUT2D eigenvalue weighted by Gasteiger charge is -2.09. The third kappa shape index (κ3) is 2.54. The zero-order chi connectivity index (χ0) is 12.4. The molecular weight excluding hydrogens is 220 g/mol. The highest BCUT2D eigenvalue weighted by Gasteiger charge is 2.10. The van der Waals surface area contributed by atoms with Crippen LogP contribution in [0.15, 0.2) is 18.2 Å². The first kappa shape index (κ1) is 11.4. The fraction of sp³-hybridized carbons (Fsp3) is 0.273. The van der Waals surface area contributed by atoms with E-state index in [2.05, 4.69) is 15.3 Å². The first-order chi connectivity index (χ1) is 8.06. The number of aromatic amines is 1. The van der Waals surface area contributed by atoms with Crippen molar-refractivity contribution in [2.75, 3.05) is 11.9 Å². The zero-order valence-corrected chi connectivity index (χ0v) is 9.40. The molecule has 0 radical (unpaired) electrons. The largest absolute Gasteiger partial charge is 0.480 e. The molecule has 6 nitrogen and oxygen atoms in total. The number of nitrogens with one attached hydrogen (secondary N) is 2. The number of fused-ring (bicyclic) bond motifs is 1. The molecule has 6 heteroatoms. The Morgan fingerprint density at radius 1 is 1.65 bits per heavy atom. The van der Waals surface area contributed by atoms with E-state index in [4.69, 9.17) is 10.8 Å². The molecule has 0 bridgehead atoms. The van der Waals surface area contributed by atoms with E-state index in [1.807, 2.05) is 25.1 Å². The average molecular weight is 234 g/mol. The molecule has 0 saturated carbocycles. The molecule has 0 amide bonds. The van der Waals surface area contributed by atoms with Gasteiger partial charge in [0.2, 0.25) is 0 Å². The number of anilines is 1. The Bertz CT molecular complexity index is 549. The highest BCUT2D eigenvalue weighted by Crippen LogP contribution is 2.16. The highest BCUT2D eigenvalue weighted by molar-refractivity contribution is 5.79. The highest BCUT2D eigenvalue weighted by atomic mass is 16.4. The van der Waals surface area contributed by atoms with E-state index in [0.29, 0.717) is 0 Å². The number of nitrogens with two attached hydrogens (primary N) is 1. The SMILES string of the molecule is Cc1nc2ccc(NCC(N)C(=O)O)cc2[nH]1. The van der Waals surface area contributed by atoms with Crippen molar-refractivity contribution in [1.82, 2.24) is 9.97 Å². The predicted octanol–water partition coefficient (Wildman–Crippen LogP) is 0.695. The molecule has 0 aliphatic carbocycles. The second kappa shape index (κ2) is 4.42. The van der Waals surface area contributed by atoms with Crippen LogP contribution in [0.3, 0.4) is 0 Å². The van der Waals surface area contributed by atoms with Crippen molar-refractivity contribution in [2.24, 2.45) is 5.73 Å². The summed E-state index contributed by atoms with van der Waals surface area (Å²) in [5.41, 5.74) is 8.01. The fourth-order valence-corrected chi connectivity index (χ4v) is 1.56. The predicted molar refractivity (Wildman–Crippen MR) is 64.9 cm³/mol. The maximum atomic E-state index is 10.6. The molecule has 2 rings (SSSR count). The molecule has 5 N–H and O–H groups in total. The monoisotopic (exact) mass is 234 g/mol. The number of carbonyl (C=O) groups is 1. The molecule has 1 atom stereocenters. The van der Waals surface area contributed by atoms with E-state index in [0.717, 1.165) is 22.5 Å². The molecule has 1 aromatic carbocycles. The number of hydrogen-bond acceptors (Lipinski definition) is 4. The number of rotatable bonds is 4. The molecular formula is C11H14N4O2. The molecule has 0 saturated heterocycles. The van der Waals surface area contributed by atoms with Crippen LogP contribution in [0, 0.1) is 6.92 Å². The zero-order valence-electron chi connectivity index (χ0n) is 9.40. The Morgan fingerprint density at radius 3 is 3.12 bits per heavy atom. The Morgan fingerprint density at radius 2 is 2.41 bits per heavy atom. The van der Waals surface area contributed by atoms with Crippen molar-refractivity contribution < 1.29 is 9.90 Å². The summed E-state index contributed by atoms with van der Waals surface area (Å²) in [4.78, 5) is 17.9. The number of carboxylic acids is 1. The summed E-state index contributed by atoms with van der Waals surface area (Å²) < 4.78 is 0. The molecule has 0 aliphatic heterocycles. The van der Waals surface area contributed by atoms with Crippen molar-refractivity contribution >= 4 is 22.7 Å². The third-order valence-electron chi connectivity index (χ3n) is 2.44. The van der Waals surface area contributed by atoms with Crippen LogP contribution in [0.2, 0.25) is 0 Å². The minimum atomic E-state index is -1.02. The Hall–Kier alpha value is -2.08. The van der Waals surface area contributed by atoms with Gasteiger partial charge in [0.1, 0.15) is 11.9 Å². The number of aryl methyl sites for hydroxylation is 1. The molecule has 1 aromatic heterocycles. The van der Waals surface area contributed by atoms with Crippen molar-refractivity contribution in [3.63, 3.8) is 0 Å². The topological polar surface area (TPSA) is 104 Å². The molecule has 1 heterocycles. The molecule has 17 heavy (non-hydrogen) atoms. The van der Waals surface area contributed by atoms with Crippen molar-refractivity contribution in [1.29, 1.82) is 0 Å². The normalized spacial score (nSPS) is 12.6. The Labute approximate surface area is 97.8 Å². The number of benzene rings is 1. The summed E-state index contributed by atoms with van der Waals surface area (Å²) in [5, 5.41) is 11.6. The maximum absolute atomic E-state index is 10.6. The number of carboxylic acid groups (broad SMARTS) is 1. The first-order valence-corrected chi connectivity index (χ1v) is 5.25. The number of nitrogens with zero attached hydrogens (tertiary/aromatic N) is 1. The Kier molecular flexibility index (Phi) is 2.97. The van der Waals surface area contributed by atoms with Gasteiger partial charge in [-0.15, -0.1) is 0 Å². The van der Waals surface area contributed by atoms with Gasteiger partial charge in [0.05, 0.1) is 11.0 Å². The van der Waals surface area contributed by atoms with Crippen LogP contribution in [-0.2, 0) is 4.79 Å². The van der Waals surface area contributed by atoms with E-state index in [9.17, 15) is 4.79 Å². The molecule has 0 fully saturated rings. The van der Waals surface area contributed by atoms with Crippen molar-refractivity contribution in [3.05, 3.63) is 24.0 Å². The van der Waals surface area contributed by atoms with Gasteiger partial charge in [0, 0.05) is 12.2 Å². The fourth-order valence-electron chi connectivity index (χ4n) is 1.56. The van der Waals surface area contributed by atoms with Crippen LogP contribution in [0.25, 0.3) is 11.0 Å². The van der Waals surface area contributed by atoms with Crippen molar-refractivity contribution in [3.8, 4) is 0 Å². The van der Waals surface area contributed by atoms with Gasteiger partial charge in [-0.2, -0.15) is 0 Å². The van der Waals surface area contributed by atoms with E-state index < -0.39 is 12.0 Å². The standard InChI is InChI=1S/C11H14N4O2/c1-6-14-9-3-2-7(4-10(9)15-6)13-5-8(12)11(16)17/h2-4,8,13H,5,12H2,1H3,(H,14,15)(H,16,17). The van der Waals surface area contributed by atoms with Gasteiger partial charge >= 0.3 is 5.97 Å². The summed E-state index contributed by atoms with van der Waals surface area (Å²) in [6.45, 7) is 2.07. The lowest BCUT2D eigenvalue weighted by Crippen LogP contribution is -2.36. The first-order valence-electron chi connectivity index (χ1n) is 5.25. The average Bonchev–Trinajstić information content (AvgIpc) is 2.64. The minimum absolute atomic E-state index is 0.188. The molecule has 90 valence electrons. The minimum Gasteiger partial charge on any atom is -0.480 e. The maximum Gasteiger partial charge on any atom is 0.322 e. The number of hydrogen-bond donors (Lipinski definition) is 4. The van der Waals surface area contributed by atoms with E-state index in [1.54, 1.807) is 0 Å². The summed E-state index contributed by atoms with van der Waals surface area (Å²) in [5.74, 6) is -0.171. The number of aromatic nitrogens is 2. The lowest BCUT2D eigenvalue weighted by atomic mass is 10.2. The molecule has 0 spiro atoms. The molecule has 2 aromatic rings. The van der Waals surface area contributed by atoms with Crippen LogP contribution in [0.4, 0.5) is 5.69 Å². The summed E-state index contributed by atoms with van der Waals surface area (Å²) in [7, 11) is 0. The van der Waals surface area contributed by atoms with Gasteiger partial charge in [0.25, 0.3) is 0 Å². The van der Waals surface area contributed by atoms with Crippen LogP contribution in [0.5, 0.6) is 0 Å². The van der Waals surface area contributed by atoms with E-state index in [-0.39, 0.29) is 6.54 Å². The lowest BCUT2D eigenvalue weighted by molar-refractivity contribution is -0.138. The van der Waals surface area contributed by atoms with E-state index in [1.165, 1.54) is 0 Å². The second-order valence-corrected chi connectivity index (χ2v) is 3.88. The van der Waals surface area contributed by atoms with Crippen molar-refractivity contribution in [2.45, 2.75) is 13.0 Å².